The summed E-state index contributed by atoms with van der Waals surface area (Å²) >= 11 is 0. The van der Waals surface area contributed by atoms with E-state index < -0.39 is 18.4 Å². The van der Waals surface area contributed by atoms with Crippen molar-refractivity contribution < 1.29 is 13.2 Å². The van der Waals surface area contributed by atoms with Crippen LogP contribution in [0.1, 0.15) is 5.56 Å². The minimum atomic E-state index is -0.744. The summed E-state index contributed by atoms with van der Waals surface area (Å²) in [4.78, 5) is 17.8. The SMILES string of the molecule is Nc1cc2nc(-c3cnn(CF)c3)c(N3CCN(Cc4ccc(F)cc4F)CC3)nc2cn1. The fourth-order valence-corrected chi connectivity index (χ4v) is 3.94. The zero-order chi connectivity index (χ0) is 22.9. The second-order valence-electron chi connectivity index (χ2n) is 7.88. The van der Waals surface area contributed by atoms with Crippen molar-refractivity contribution in [3.63, 3.8) is 0 Å². The first-order valence-electron chi connectivity index (χ1n) is 10.4. The summed E-state index contributed by atoms with van der Waals surface area (Å²) in [7, 11) is 0. The van der Waals surface area contributed by atoms with Gasteiger partial charge in [0, 0.05) is 62.2 Å². The van der Waals surface area contributed by atoms with E-state index in [-0.39, 0.29) is 0 Å². The highest BCUT2D eigenvalue weighted by Crippen LogP contribution is 2.30. The molecule has 8 nitrogen and oxygen atoms in total. The number of aromatic nitrogens is 5. The molecule has 1 fully saturated rings. The van der Waals surface area contributed by atoms with Gasteiger partial charge in [-0.25, -0.2) is 32.8 Å². The van der Waals surface area contributed by atoms with Crippen molar-refractivity contribution in [2.24, 2.45) is 0 Å². The smallest absolute Gasteiger partial charge is 0.181 e. The minimum Gasteiger partial charge on any atom is -0.384 e. The molecule has 1 aliphatic rings. The van der Waals surface area contributed by atoms with Crippen LogP contribution in [0.4, 0.5) is 24.8 Å². The Morgan fingerprint density at radius 1 is 0.970 bits per heavy atom. The van der Waals surface area contributed by atoms with Crippen LogP contribution in [-0.2, 0) is 13.3 Å². The van der Waals surface area contributed by atoms with Gasteiger partial charge in [0.1, 0.15) is 28.7 Å². The molecule has 0 atom stereocenters. The van der Waals surface area contributed by atoms with Crippen molar-refractivity contribution in [1.82, 2.24) is 29.6 Å². The van der Waals surface area contributed by atoms with Crippen LogP contribution in [0.25, 0.3) is 22.3 Å². The van der Waals surface area contributed by atoms with Gasteiger partial charge in [0.05, 0.1) is 17.9 Å². The molecule has 3 aromatic heterocycles. The van der Waals surface area contributed by atoms with Crippen molar-refractivity contribution in [3.8, 4) is 11.3 Å². The number of fused-ring (bicyclic) bond motifs is 1. The van der Waals surface area contributed by atoms with E-state index in [2.05, 4.69) is 19.9 Å². The van der Waals surface area contributed by atoms with Crippen LogP contribution in [0.15, 0.2) is 42.9 Å². The number of halogens is 3. The third kappa shape index (κ3) is 4.31. The second kappa shape index (κ2) is 8.66. The molecule has 0 amide bonds. The average molecular weight is 454 g/mol. The number of anilines is 2. The number of hydrogen-bond donors (Lipinski definition) is 1. The van der Waals surface area contributed by atoms with E-state index in [0.717, 1.165) is 6.07 Å². The molecule has 0 bridgehead atoms. The number of pyridine rings is 1. The number of piperazine rings is 1. The van der Waals surface area contributed by atoms with Crippen molar-refractivity contribution in [2.75, 3.05) is 36.8 Å². The first-order valence-corrected chi connectivity index (χ1v) is 10.4. The maximum absolute atomic E-state index is 14.1. The molecular formula is C22H21F3N8. The Labute approximate surface area is 187 Å². The molecule has 0 saturated carbocycles. The van der Waals surface area contributed by atoms with Crippen LogP contribution in [0.2, 0.25) is 0 Å². The van der Waals surface area contributed by atoms with Crippen molar-refractivity contribution >= 4 is 22.7 Å². The molecule has 0 unspecified atom stereocenters. The van der Waals surface area contributed by atoms with E-state index in [1.54, 1.807) is 24.7 Å². The first kappa shape index (κ1) is 21.1. The van der Waals surface area contributed by atoms with Crippen LogP contribution >= 0.6 is 0 Å². The van der Waals surface area contributed by atoms with Crippen molar-refractivity contribution in [3.05, 3.63) is 60.1 Å². The van der Waals surface area contributed by atoms with Gasteiger partial charge in [0.15, 0.2) is 12.6 Å². The predicted octanol–water partition coefficient (Wildman–Crippen LogP) is 3.00. The van der Waals surface area contributed by atoms with E-state index in [9.17, 15) is 13.2 Å². The Bertz CT molecular complexity index is 1300. The molecule has 33 heavy (non-hydrogen) atoms. The maximum Gasteiger partial charge on any atom is 0.181 e. The van der Waals surface area contributed by atoms with Gasteiger partial charge in [-0.2, -0.15) is 5.10 Å². The summed E-state index contributed by atoms with van der Waals surface area (Å²) in [6.07, 6.45) is 4.71. The highest BCUT2D eigenvalue weighted by molar-refractivity contribution is 5.84. The van der Waals surface area contributed by atoms with Gasteiger partial charge in [0.25, 0.3) is 0 Å². The normalized spacial score (nSPS) is 14.8. The average Bonchev–Trinajstić information content (AvgIpc) is 3.30. The number of rotatable bonds is 5. The van der Waals surface area contributed by atoms with Gasteiger partial charge in [-0.15, -0.1) is 0 Å². The summed E-state index contributed by atoms with van der Waals surface area (Å²) in [6, 6.07) is 5.29. The van der Waals surface area contributed by atoms with E-state index in [1.165, 1.54) is 16.8 Å². The summed E-state index contributed by atoms with van der Waals surface area (Å²) in [6.45, 7) is 2.19. The maximum atomic E-state index is 14.1. The topological polar surface area (TPSA) is 89.0 Å². The molecule has 5 rings (SSSR count). The lowest BCUT2D eigenvalue weighted by Gasteiger charge is -2.36. The molecule has 170 valence electrons. The van der Waals surface area contributed by atoms with Crippen LogP contribution in [0, 0.1) is 11.6 Å². The molecule has 11 heteroatoms. The zero-order valence-electron chi connectivity index (χ0n) is 17.6. The lowest BCUT2D eigenvalue weighted by atomic mass is 10.1. The second-order valence-corrected chi connectivity index (χ2v) is 7.88. The summed E-state index contributed by atoms with van der Waals surface area (Å²) in [5, 5.41) is 4.02. The molecule has 0 spiro atoms. The summed E-state index contributed by atoms with van der Waals surface area (Å²) < 4.78 is 41.5. The van der Waals surface area contributed by atoms with E-state index >= 15 is 0 Å². The zero-order valence-corrected chi connectivity index (χ0v) is 17.6. The fourth-order valence-electron chi connectivity index (χ4n) is 3.94. The Hall–Kier alpha value is -3.73. The Balaban J connectivity index is 1.42. The Morgan fingerprint density at radius 3 is 2.52 bits per heavy atom. The van der Waals surface area contributed by atoms with Gasteiger partial charge >= 0.3 is 0 Å². The molecule has 0 aliphatic carbocycles. The van der Waals surface area contributed by atoms with Gasteiger partial charge in [-0.3, -0.25) is 4.90 Å². The molecule has 0 radical (unpaired) electrons. The number of alkyl halides is 1. The monoisotopic (exact) mass is 454 g/mol. The largest absolute Gasteiger partial charge is 0.384 e. The van der Waals surface area contributed by atoms with Crippen LogP contribution in [0.5, 0.6) is 0 Å². The summed E-state index contributed by atoms with van der Waals surface area (Å²) in [5.41, 5.74) is 8.66. The molecule has 1 aliphatic heterocycles. The predicted molar refractivity (Wildman–Crippen MR) is 118 cm³/mol. The van der Waals surface area contributed by atoms with E-state index in [1.807, 2.05) is 0 Å². The highest BCUT2D eigenvalue weighted by atomic mass is 19.1. The van der Waals surface area contributed by atoms with E-state index in [4.69, 9.17) is 15.7 Å². The number of hydrogen-bond acceptors (Lipinski definition) is 7. The number of benzene rings is 1. The van der Waals surface area contributed by atoms with Gasteiger partial charge < -0.3 is 10.6 Å². The molecule has 1 saturated heterocycles. The number of nitrogen functional groups attached to an aromatic ring is 1. The lowest BCUT2D eigenvalue weighted by Crippen LogP contribution is -2.46. The third-order valence-electron chi connectivity index (χ3n) is 5.66. The van der Waals surface area contributed by atoms with Crippen molar-refractivity contribution in [2.45, 2.75) is 13.3 Å². The minimum absolute atomic E-state index is 0.330. The standard InChI is InChI=1S/C22H21F3N8/c23-13-33-12-15(9-28-33)21-22(30-19-10-27-20(26)8-18(19)29-21)32-5-3-31(4-6-32)11-14-1-2-16(24)7-17(14)25/h1-2,7-10,12H,3-6,11,13H2,(H2,26,27). The molecule has 4 heterocycles. The molecular weight excluding hydrogens is 433 g/mol. The van der Waals surface area contributed by atoms with Crippen molar-refractivity contribution in [1.29, 1.82) is 0 Å². The number of nitrogens with two attached hydrogens (primary N) is 1. The highest BCUT2D eigenvalue weighted by Gasteiger charge is 2.24. The van der Waals surface area contributed by atoms with Crippen LogP contribution in [0.3, 0.4) is 0 Å². The van der Waals surface area contributed by atoms with Gasteiger partial charge in [0.2, 0.25) is 0 Å². The fraction of sp³-hybridized carbons (Fsp3) is 0.273. The van der Waals surface area contributed by atoms with E-state index in [0.29, 0.717) is 72.2 Å². The Morgan fingerprint density at radius 2 is 1.79 bits per heavy atom. The molecule has 2 N–H and O–H groups in total. The van der Waals surface area contributed by atoms with Gasteiger partial charge in [-0.1, -0.05) is 6.07 Å². The molecule has 1 aromatic carbocycles. The van der Waals surface area contributed by atoms with Crippen LogP contribution < -0.4 is 10.6 Å². The number of nitrogens with zero attached hydrogens (tertiary/aromatic N) is 7. The van der Waals surface area contributed by atoms with Gasteiger partial charge in [-0.05, 0) is 6.07 Å². The lowest BCUT2D eigenvalue weighted by molar-refractivity contribution is 0.246. The first-order chi connectivity index (χ1) is 16.0. The summed E-state index contributed by atoms with van der Waals surface area (Å²) in [5.74, 6) is -0.163. The molecule has 4 aromatic rings. The third-order valence-corrected chi connectivity index (χ3v) is 5.66. The Kier molecular flexibility index (Phi) is 5.55. The quantitative estimate of drug-likeness (QED) is 0.496. The van der Waals surface area contributed by atoms with Crippen LogP contribution in [-0.4, -0.2) is 55.8 Å².